The number of amides is 4. The third-order valence-corrected chi connectivity index (χ3v) is 5.95. The zero-order valence-electron chi connectivity index (χ0n) is 20.9. The molecule has 190 valence electrons. The van der Waals surface area contributed by atoms with Crippen LogP contribution in [0.15, 0.2) is 48.3 Å². The van der Waals surface area contributed by atoms with Gasteiger partial charge in [-0.25, -0.2) is 19.6 Å². The number of carbonyl (C=O) groups is 3. The van der Waals surface area contributed by atoms with Crippen molar-refractivity contribution in [1.29, 1.82) is 0 Å². The number of hydrogen-bond acceptors (Lipinski definition) is 7. The third-order valence-electron chi connectivity index (χ3n) is 5.95. The third kappa shape index (κ3) is 6.59. The van der Waals surface area contributed by atoms with Gasteiger partial charge < -0.3 is 15.0 Å². The molecular weight excluding hydrogens is 460 g/mol. The van der Waals surface area contributed by atoms with Crippen LogP contribution in [0.2, 0.25) is 0 Å². The molecule has 1 aromatic carbocycles. The summed E-state index contributed by atoms with van der Waals surface area (Å²) in [5, 5.41) is 5.21. The Labute approximate surface area is 210 Å². The highest BCUT2D eigenvalue weighted by atomic mass is 16.6. The molecule has 2 N–H and O–H groups in total. The van der Waals surface area contributed by atoms with Gasteiger partial charge in [0, 0.05) is 25.8 Å². The first-order chi connectivity index (χ1) is 17.2. The minimum atomic E-state index is -0.518. The van der Waals surface area contributed by atoms with Gasteiger partial charge in [0.2, 0.25) is 5.95 Å². The van der Waals surface area contributed by atoms with Gasteiger partial charge in [-0.2, -0.15) is 0 Å². The van der Waals surface area contributed by atoms with Gasteiger partial charge >= 0.3 is 12.1 Å². The fraction of sp³-hybridized carbons (Fsp3) is 0.423. The van der Waals surface area contributed by atoms with E-state index in [4.69, 9.17) is 4.74 Å². The number of imide groups is 1. The van der Waals surface area contributed by atoms with E-state index in [2.05, 4.69) is 25.5 Å². The largest absolute Gasteiger partial charge is 0.444 e. The van der Waals surface area contributed by atoms with Crippen molar-refractivity contribution in [2.24, 2.45) is 5.92 Å². The maximum atomic E-state index is 12.5. The molecule has 0 aliphatic carbocycles. The molecule has 3 heterocycles. The van der Waals surface area contributed by atoms with Crippen molar-refractivity contribution in [1.82, 2.24) is 25.5 Å². The molecule has 4 rings (SSSR count). The van der Waals surface area contributed by atoms with Crippen molar-refractivity contribution >= 4 is 30.1 Å². The van der Waals surface area contributed by atoms with Gasteiger partial charge in [-0.3, -0.25) is 15.0 Å². The molecule has 0 spiro atoms. The zero-order valence-corrected chi connectivity index (χ0v) is 20.9. The monoisotopic (exact) mass is 492 g/mol. The minimum Gasteiger partial charge on any atom is -0.444 e. The number of anilines is 1. The molecule has 2 fully saturated rings. The van der Waals surface area contributed by atoms with E-state index < -0.39 is 23.6 Å². The van der Waals surface area contributed by atoms with Crippen LogP contribution in [0.25, 0.3) is 6.08 Å². The molecule has 0 bridgehead atoms. The van der Waals surface area contributed by atoms with Crippen LogP contribution in [0.5, 0.6) is 0 Å². The first-order valence-electron chi connectivity index (χ1n) is 12.1. The number of aromatic nitrogens is 2. The maximum absolute atomic E-state index is 12.5. The Kier molecular flexibility index (Phi) is 7.52. The van der Waals surface area contributed by atoms with Gasteiger partial charge in [-0.15, -0.1) is 0 Å². The highest BCUT2D eigenvalue weighted by Crippen LogP contribution is 2.23. The van der Waals surface area contributed by atoms with Gasteiger partial charge in [0.25, 0.3) is 5.91 Å². The lowest BCUT2D eigenvalue weighted by Gasteiger charge is -2.32. The Balaban J connectivity index is 1.38. The van der Waals surface area contributed by atoms with E-state index >= 15 is 0 Å². The normalized spacial score (nSPS) is 17.9. The molecular formula is C26H32N6O4. The Bertz CT molecular complexity index is 1140. The number of benzene rings is 1. The highest BCUT2D eigenvalue weighted by Gasteiger charge is 2.33. The van der Waals surface area contributed by atoms with Crippen molar-refractivity contribution in [2.45, 2.75) is 45.8 Å². The quantitative estimate of drug-likeness (QED) is 0.469. The molecule has 1 aromatic heterocycles. The van der Waals surface area contributed by atoms with E-state index in [9.17, 15) is 14.4 Å². The van der Waals surface area contributed by atoms with E-state index in [0.717, 1.165) is 31.5 Å². The van der Waals surface area contributed by atoms with Crippen LogP contribution in [0, 0.1) is 5.92 Å². The van der Waals surface area contributed by atoms with Gasteiger partial charge in [0.05, 0.1) is 12.2 Å². The lowest BCUT2D eigenvalue weighted by Crippen LogP contribution is -2.40. The molecule has 0 unspecified atom stereocenters. The summed E-state index contributed by atoms with van der Waals surface area (Å²) >= 11 is 0. The van der Waals surface area contributed by atoms with Gasteiger partial charge in [0.1, 0.15) is 11.3 Å². The predicted octanol–water partition coefficient (Wildman–Crippen LogP) is 3.31. The van der Waals surface area contributed by atoms with Crippen LogP contribution in [0.4, 0.5) is 15.5 Å². The number of alkyl carbamates (subject to hydrolysis) is 1. The second kappa shape index (κ2) is 10.8. The van der Waals surface area contributed by atoms with Crippen LogP contribution in [0.3, 0.4) is 0 Å². The topological polar surface area (TPSA) is 117 Å². The summed E-state index contributed by atoms with van der Waals surface area (Å²) in [6.07, 6.45) is 4.63. The summed E-state index contributed by atoms with van der Waals surface area (Å²) in [7, 11) is 0. The number of hydrogen-bond donors (Lipinski definition) is 2. The SMILES string of the molecule is CC(C)(C)OC(=O)NCC1CCN(c2nccc(C=C3C(=O)NC(=O)N3Cc3ccccc3)n2)CC1. The van der Waals surface area contributed by atoms with Crippen LogP contribution >= 0.6 is 0 Å². The maximum Gasteiger partial charge on any atom is 0.407 e. The summed E-state index contributed by atoms with van der Waals surface area (Å²) in [6, 6.07) is 10.8. The molecule has 36 heavy (non-hydrogen) atoms. The van der Waals surface area contributed by atoms with Crippen molar-refractivity contribution in [3.8, 4) is 0 Å². The lowest BCUT2D eigenvalue weighted by atomic mass is 9.97. The molecule has 0 radical (unpaired) electrons. The summed E-state index contributed by atoms with van der Waals surface area (Å²) in [4.78, 5) is 49.3. The molecule has 0 saturated carbocycles. The molecule has 0 atom stereocenters. The van der Waals surface area contributed by atoms with Crippen molar-refractivity contribution in [3.63, 3.8) is 0 Å². The van der Waals surface area contributed by atoms with E-state index in [1.807, 2.05) is 51.1 Å². The van der Waals surface area contributed by atoms with Gasteiger partial charge in [-0.05, 0) is 57.2 Å². The summed E-state index contributed by atoms with van der Waals surface area (Å²) in [5.41, 5.74) is 1.20. The summed E-state index contributed by atoms with van der Waals surface area (Å²) in [6.45, 7) is 7.87. The molecule has 10 heteroatoms. The first-order valence-corrected chi connectivity index (χ1v) is 12.1. The zero-order chi connectivity index (χ0) is 25.7. The molecule has 2 aromatic rings. The number of piperidine rings is 1. The minimum absolute atomic E-state index is 0.250. The fourth-order valence-electron chi connectivity index (χ4n) is 4.14. The number of carbonyl (C=O) groups excluding carboxylic acids is 3. The molecule has 2 saturated heterocycles. The molecule has 2 aliphatic heterocycles. The summed E-state index contributed by atoms with van der Waals surface area (Å²) < 4.78 is 5.30. The summed E-state index contributed by atoms with van der Waals surface area (Å²) in [5.74, 6) is 0.468. The average Bonchev–Trinajstić information content (AvgIpc) is 3.10. The molecule has 4 amide bonds. The highest BCUT2D eigenvalue weighted by molar-refractivity contribution is 6.13. The van der Waals surface area contributed by atoms with Crippen LogP contribution in [-0.4, -0.2) is 58.1 Å². The molecule has 2 aliphatic rings. The van der Waals surface area contributed by atoms with E-state index in [1.54, 1.807) is 18.3 Å². The van der Waals surface area contributed by atoms with Crippen molar-refractivity contribution in [3.05, 3.63) is 59.5 Å². The van der Waals surface area contributed by atoms with E-state index in [0.29, 0.717) is 24.1 Å². The van der Waals surface area contributed by atoms with E-state index in [-0.39, 0.29) is 12.2 Å². The standard InChI is InChI=1S/C26H32N6O4/c1-26(2,3)36-25(35)28-16-18-10-13-31(14-11-18)23-27-12-9-20(29-23)15-21-22(33)30-24(34)32(21)17-19-7-5-4-6-8-19/h4-9,12,15,18H,10-11,13-14,16-17H2,1-3H3,(H,28,35)(H,30,33,34). The number of urea groups is 1. The van der Waals surface area contributed by atoms with Crippen LogP contribution < -0.4 is 15.5 Å². The number of nitrogens with zero attached hydrogens (tertiary/aromatic N) is 4. The Hall–Kier alpha value is -3.95. The van der Waals surface area contributed by atoms with Crippen LogP contribution in [0.1, 0.15) is 44.9 Å². The molecule has 10 nitrogen and oxygen atoms in total. The van der Waals surface area contributed by atoms with Crippen molar-refractivity contribution < 1.29 is 19.1 Å². The Morgan fingerprint density at radius 1 is 1.17 bits per heavy atom. The second-order valence-electron chi connectivity index (χ2n) is 9.96. The lowest BCUT2D eigenvalue weighted by molar-refractivity contribution is -0.116. The number of nitrogens with one attached hydrogen (secondary N) is 2. The van der Waals surface area contributed by atoms with Gasteiger partial charge in [0.15, 0.2) is 0 Å². The number of ether oxygens (including phenoxy) is 1. The Morgan fingerprint density at radius 2 is 1.89 bits per heavy atom. The average molecular weight is 493 g/mol. The van der Waals surface area contributed by atoms with Crippen LogP contribution in [-0.2, 0) is 16.1 Å². The smallest absolute Gasteiger partial charge is 0.407 e. The predicted molar refractivity (Wildman–Crippen MR) is 135 cm³/mol. The first kappa shape index (κ1) is 25.2. The van der Waals surface area contributed by atoms with E-state index in [1.165, 1.54) is 4.90 Å². The fourth-order valence-corrected chi connectivity index (χ4v) is 4.14. The van der Waals surface area contributed by atoms with Crippen molar-refractivity contribution in [2.75, 3.05) is 24.5 Å². The Morgan fingerprint density at radius 3 is 2.58 bits per heavy atom. The number of rotatable bonds is 6. The second-order valence-corrected chi connectivity index (χ2v) is 9.96. The van der Waals surface area contributed by atoms with Gasteiger partial charge in [-0.1, -0.05) is 30.3 Å².